The van der Waals surface area contributed by atoms with E-state index in [1.54, 1.807) is 0 Å². The van der Waals surface area contributed by atoms with Gasteiger partial charge in [0.15, 0.2) is 0 Å². The number of aryl methyl sites for hydroxylation is 1. The quantitative estimate of drug-likeness (QED) is 0.729. The number of nitrogens with zero attached hydrogens (tertiary/aromatic N) is 3. The van der Waals surface area contributed by atoms with Gasteiger partial charge in [-0.05, 0) is 37.9 Å². The first-order valence-corrected chi connectivity index (χ1v) is 10.6. The summed E-state index contributed by atoms with van der Waals surface area (Å²) in [5.41, 5.74) is 3.36. The predicted molar refractivity (Wildman–Crippen MR) is 115 cm³/mol. The molecule has 4 aliphatic heterocycles. The number of hydrogen-bond acceptors (Lipinski definition) is 4. The fourth-order valence-electron chi connectivity index (χ4n) is 5.19. The largest absolute Gasteiger partial charge is 0.478 e. The van der Waals surface area contributed by atoms with Crippen molar-refractivity contribution in [3.05, 3.63) is 47.7 Å². The topological polar surface area (TPSA) is 103 Å². The molecule has 2 aromatic rings. The molecule has 1 unspecified atom stereocenters. The van der Waals surface area contributed by atoms with Crippen molar-refractivity contribution >= 4 is 28.7 Å². The number of piperidine rings is 3. The Hall–Kier alpha value is -3.13. The van der Waals surface area contributed by atoms with E-state index in [9.17, 15) is 14.4 Å². The van der Waals surface area contributed by atoms with Gasteiger partial charge in [0.25, 0.3) is 5.91 Å². The summed E-state index contributed by atoms with van der Waals surface area (Å²) in [5.74, 6) is -1.54. The highest BCUT2D eigenvalue weighted by Crippen LogP contribution is 2.36. The third kappa shape index (κ3) is 4.07. The molecule has 2 bridgehead atoms. The molecule has 31 heavy (non-hydrogen) atoms. The highest BCUT2D eigenvalue weighted by atomic mass is 16.4. The van der Waals surface area contributed by atoms with E-state index in [0.29, 0.717) is 24.1 Å². The number of amides is 1. The van der Waals surface area contributed by atoms with E-state index in [1.165, 1.54) is 37.1 Å². The smallest absolute Gasteiger partial charge is 0.328 e. The van der Waals surface area contributed by atoms with E-state index < -0.39 is 11.9 Å². The molecule has 8 heteroatoms. The SMILES string of the molecule is Cn1c2c(c3ccccc31)C(=O)N(C1CN3CCC1CC3)CC2.O=C(O)C=CC(=O)O. The molecule has 4 aliphatic rings. The molecule has 3 fully saturated rings. The van der Waals surface area contributed by atoms with Gasteiger partial charge in [-0.3, -0.25) is 4.79 Å². The van der Waals surface area contributed by atoms with E-state index in [-0.39, 0.29) is 5.91 Å². The van der Waals surface area contributed by atoms with Gasteiger partial charge in [0.2, 0.25) is 0 Å². The number of carboxylic acid groups (broad SMARTS) is 2. The lowest BCUT2D eigenvalue weighted by molar-refractivity contribution is -0.134. The van der Waals surface area contributed by atoms with Gasteiger partial charge >= 0.3 is 11.9 Å². The number of benzene rings is 1. The van der Waals surface area contributed by atoms with Crippen LogP contribution in [0.2, 0.25) is 0 Å². The molecule has 0 radical (unpaired) electrons. The first kappa shape index (κ1) is 21.1. The predicted octanol–water partition coefficient (Wildman–Crippen LogP) is 1.98. The zero-order chi connectivity index (χ0) is 22.1. The molecule has 1 amide bonds. The van der Waals surface area contributed by atoms with Crippen LogP contribution in [0, 0.1) is 5.92 Å². The molecule has 0 aliphatic carbocycles. The Morgan fingerprint density at radius 3 is 2.26 bits per heavy atom. The molecule has 164 valence electrons. The third-order valence-corrected chi connectivity index (χ3v) is 6.68. The maximum absolute atomic E-state index is 13.3. The first-order chi connectivity index (χ1) is 14.9. The number of rotatable bonds is 3. The van der Waals surface area contributed by atoms with Gasteiger partial charge in [0.05, 0.1) is 5.56 Å². The standard InChI is InChI=1S/C19H23N3O.C4H4O4/c1-20-15-5-3-2-4-14(15)18-16(20)8-11-22(19(18)23)17-12-21-9-6-13(17)7-10-21;5-3(6)1-2-4(7)8/h2-5,13,17H,6-12H2,1H3;1-2H,(H,5,6)(H,7,8). The van der Waals surface area contributed by atoms with Gasteiger partial charge in [-0.25, -0.2) is 9.59 Å². The number of aliphatic carboxylic acids is 2. The second-order valence-corrected chi connectivity index (χ2v) is 8.36. The Morgan fingerprint density at radius 1 is 1.03 bits per heavy atom. The highest BCUT2D eigenvalue weighted by molar-refractivity contribution is 6.09. The average molecular weight is 425 g/mol. The fourth-order valence-corrected chi connectivity index (χ4v) is 5.19. The van der Waals surface area contributed by atoms with Crippen molar-refractivity contribution in [3.63, 3.8) is 0 Å². The molecule has 0 saturated carbocycles. The van der Waals surface area contributed by atoms with Crippen LogP contribution in [-0.4, -0.2) is 74.6 Å². The van der Waals surface area contributed by atoms with Crippen LogP contribution in [0.4, 0.5) is 0 Å². The molecule has 3 saturated heterocycles. The summed E-state index contributed by atoms with van der Waals surface area (Å²) >= 11 is 0. The molecule has 1 aromatic carbocycles. The van der Waals surface area contributed by atoms with Crippen LogP contribution in [0.25, 0.3) is 10.9 Å². The van der Waals surface area contributed by atoms with Gasteiger partial charge in [0, 0.05) is 61.3 Å². The average Bonchev–Trinajstić information content (AvgIpc) is 3.07. The maximum Gasteiger partial charge on any atom is 0.328 e. The third-order valence-electron chi connectivity index (χ3n) is 6.68. The molecule has 0 spiro atoms. The molecule has 1 atom stereocenters. The van der Waals surface area contributed by atoms with Crippen LogP contribution in [0.1, 0.15) is 28.9 Å². The van der Waals surface area contributed by atoms with Crippen molar-refractivity contribution in [1.82, 2.24) is 14.4 Å². The van der Waals surface area contributed by atoms with E-state index in [0.717, 1.165) is 30.5 Å². The van der Waals surface area contributed by atoms with E-state index in [1.807, 2.05) is 6.07 Å². The van der Waals surface area contributed by atoms with Crippen molar-refractivity contribution in [2.45, 2.75) is 25.3 Å². The minimum Gasteiger partial charge on any atom is -0.478 e. The highest BCUT2D eigenvalue weighted by Gasteiger charge is 2.42. The lowest BCUT2D eigenvalue weighted by atomic mass is 9.82. The number of fused-ring (bicyclic) bond motifs is 6. The molecule has 2 N–H and O–H groups in total. The minimum absolute atomic E-state index is 0.266. The monoisotopic (exact) mass is 425 g/mol. The summed E-state index contributed by atoms with van der Waals surface area (Å²) in [6.45, 7) is 4.41. The fraction of sp³-hybridized carbons (Fsp3) is 0.435. The number of para-hydroxylation sites is 1. The number of carbonyl (C=O) groups is 3. The van der Waals surface area contributed by atoms with Crippen LogP contribution in [0.3, 0.4) is 0 Å². The molecule has 8 nitrogen and oxygen atoms in total. The Balaban J connectivity index is 0.000000250. The summed E-state index contributed by atoms with van der Waals surface area (Å²) < 4.78 is 2.22. The normalized spacial score (nSPS) is 24.7. The molecular formula is C23H27N3O5. The van der Waals surface area contributed by atoms with Crippen molar-refractivity contribution < 1.29 is 24.6 Å². The molecular weight excluding hydrogens is 398 g/mol. The Labute approximate surface area is 180 Å². The zero-order valence-electron chi connectivity index (χ0n) is 17.5. The lowest BCUT2D eigenvalue weighted by Crippen LogP contribution is -2.59. The van der Waals surface area contributed by atoms with Gasteiger partial charge in [0.1, 0.15) is 0 Å². The van der Waals surface area contributed by atoms with Crippen LogP contribution in [-0.2, 0) is 23.1 Å². The van der Waals surface area contributed by atoms with E-state index >= 15 is 0 Å². The second-order valence-electron chi connectivity index (χ2n) is 8.36. The van der Waals surface area contributed by atoms with Crippen LogP contribution >= 0.6 is 0 Å². The molecule has 1 aromatic heterocycles. The van der Waals surface area contributed by atoms with E-state index in [2.05, 4.69) is 39.6 Å². The van der Waals surface area contributed by atoms with Gasteiger partial charge in [-0.2, -0.15) is 0 Å². The zero-order valence-corrected chi connectivity index (χ0v) is 17.5. The Morgan fingerprint density at radius 2 is 1.68 bits per heavy atom. The molecule has 6 rings (SSSR count). The summed E-state index contributed by atoms with van der Waals surface area (Å²) in [6.07, 6.45) is 4.62. The Bertz CT molecular complexity index is 1030. The number of aromatic nitrogens is 1. The summed E-state index contributed by atoms with van der Waals surface area (Å²) in [6, 6.07) is 8.76. The number of carbonyl (C=O) groups excluding carboxylic acids is 1. The summed E-state index contributed by atoms with van der Waals surface area (Å²) in [5, 5.41) is 16.8. The number of carboxylic acids is 2. The van der Waals surface area contributed by atoms with Gasteiger partial charge in [-0.1, -0.05) is 18.2 Å². The lowest BCUT2D eigenvalue weighted by Gasteiger charge is -2.49. The second kappa shape index (κ2) is 8.55. The van der Waals surface area contributed by atoms with E-state index in [4.69, 9.17) is 10.2 Å². The van der Waals surface area contributed by atoms with Crippen LogP contribution in [0.5, 0.6) is 0 Å². The van der Waals surface area contributed by atoms with Crippen molar-refractivity contribution in [1.29, 1.82) is 0 Å². The van der Waals surface area contributed by atoms with Crippen molar-refractivity contribution in [2.24, 2.45) is 13.0 Å². The summed E-state index contributed by atoms with van der Waals surface area (Å²) in [4.78, 5) is 37.2. The van der Waals surface area contributed by atoms with Gasteiger partial charge in [-0.15, -0.1) is 0 Å². The Kier molecular flexibility index (Phi) is 5.82. The van der Waals surface area contributed by atoms with Crippen molar-refractivity contribution in [3.8, 4) is 0 Å². The minimum atomic E-state index is -1.26. The molecule has 5 heterocycles. The van der Waals surface area contributed by atoms with Crippen LogP contribution in [0.15, 0.2) is 36.4 Å². The van der Waals surface area contributed by atoms with Gasteiger partial charge < -0.3 is 24.6 Å². The maximum atomic E-state index is 13.3. The first-order valence-electron chi connectivity index (χ1n) is 10.6. The number of hydrogen-bond donors (Lipinski definition) is 2. The van der Waals surface area contributed by atoms with Crippen LogP contribution < -0.4 is 0 Å². The van der Waals surface area contributed by atoms with Crippen molar-refractivity contribution in [2.75, 3.05) is 26.2 Å². The summed E-state index contributed by atoms with van der Waals surface area (Å²) in [7, 11) is 2.10.